The molecule has 37 heavy (non-hydrogen) atoms. The molecule has 0 bridgehead atoms. The summed E-state index contributed by atoms with van der Waals surface area (Å²) in [4.78, 5) is 22.1. The Kier molecular flexibility index (Phi) is 7.37. The average Bonchev–Trinajstić information content (AvgIpc) is 3.63. The number of amides is 1. The first kappa shape index (κ1) is 25.9. The molecular weight excluding hydrogens is 516 g/mol. The maximum absolute atomic E-state index is 13.6. The van der Waals surface area contributed by atoms with E-state index in [-0.39, 0.29) is 23.7 Å². The molecule has 10 nitrogen and oxygen atoms in total. The third-order valence-electron chi connectivity index (χ3n) is 6.41. The van der Waals surface area contributed by atoms with Gasteiger partial charge >= 0.3 is 0 Å². The van der Waals surface area contributed by atoms with Crippen molar-refractivity contribution in [2.24, 2.45) is 0 Å². The highest BCUT2D eigenvalue weighted by Crippen LogP contribution is 2.40. The molecule has 0 N–H and O–H groups in total. The molecule has 1 aromatic heterocycles. The van der Waals surface area contributed by atoms with E-state index in [0.717, 1.165) is 23.1 Å². The molecule has 1 saturated heterocycles. The first-order chi connectivity index (χ1) is 17.7. The third kappa shape index (κ3) is 5.43. The predicted octanol–water partition coefficient (Wildman–Crippen LogP) is 3.03. The Morgan fingerprint density at radius 3 is 2.49 bits per heavy atom. The van der Waals surface area contributed by atoms with Gasteiger partial charge in [0.05, 0.1) is 21.2 Å². The number of likely N-dealkylation sites (N-methyl/N-ethyl adjacent to an activating group) is 2. The quantitative estimate of drug-likeness (QED) is 0.404. The molecule has 1 atom stereocenters. The van der Waals surface area contributed by atoms with E-state index in [1.165, 1.54) is 27.8 Å². The van der Waals surface area contributed by atoms with E-state index < -0.39 is 10.0 Å². The van der Waals surface area contributed by atoms with Gasteiger partial charge in [-0.05, 0) is 51.2 Å². The first-order valence-corrected chi connectivity index (χ1v) is 14.3. The third-order valence-corrected chi connectivity index (χ3v) is 9.29. The van der Waals surface area contributed by atoms with Gasteiger partial charge < -0.3 is 19.1 Å². The van der Waals surface area contributed by atoms with E-state index in [4.69, 9.17) is 19.2 Å². The Balaban J connectivity index is 1.38. The number of hydrogen-bond donors (Lipinski definition) is 0. The fraction of sp³-hybridized carbons (Fsp3) is 0.440. The van der Waals surface area contributed by atoms with E-state index >= 15 is 0 Å². The van der Waals surface area contributed by atoms with Crippen molar-refractivity contribution in [2.75, 3.05) is 59.1 Å². The minimum atomic E-state index is -3.70. The number of hydrogen-bond acceptors (Lipinski definition) is 9. The summed E-state index contributed by atoms with van der Waals surface area (Å²) >= 11 is 1.40. The summed E-state index contributed by atoms with van der Waals surface area (Å²) in [5.41, 5.74) is 1.11. The number of carbonyl (C=O) groups excluding carboxylic acids is 1. The van der Waals surface area contributed by atoms with Gasteiger partial charge in [0.25, 0.3) is 5.91 Å². The second-order valence-corrected chi connectivity index (χ2v) is 12.4. The predicted molar refractivity (Wildman–Crippen MR) is 141 cm³/mol. The standard InChI is InChI=1S/C25H30N4O6S2/c1-27(2)10-11-29(25-26-20-13-21-22(35-16-34-21)14-23(20)36-25)24(30)17-6-8-19(9-7-17)37(31,32)28(3)15-18-5-4-12-33-18/h6-9,13-14,18H,4-5,10-12,15-16H2,1-3H3/t18-/m1/s1. The molecule has 3 heterocycles. The van der Waals surface area contributed by atoms with Crippen LogP contribution in [0, 0.1) is 0 Å². The molecule has 5 rings (SSSR count). The molecule has 0 radical (unpaired) electrons. The normalized spacial score (nSPS) is 17.3. The van der Waals surface area contributed by atoms with E-state index in [1.807, 2.05) is 31.1 Å². The van der Waals surface area contributed by atoms with Crippen LogP contribution < -0.4 is 14.4 Å². The second-order valence-electron chi connectivity index (χ2n) is 9.37. The summed E-state index contributed by atoms with van der Waals surface area (Å²) < 4.78 is 44.8. The van der Waals surface area contributed by atoms with Gasteiger partial charge in [0.2, 0.25) is 16.8 Å². The van der Waals surface area contributed by atoms with Crippen molar-refractivity contribution in [3.8, 4) is 11.5 Å². The summed E-state index contributed by atoms with van der Waals surface area (Å²) in [5, 5.41) is 0.554. The van der Waals surface area contributed by atoms with Crippen molar-refractivity contribution in [3.63, 3.8) is 0 Å². The van der Waals surface area contributed by atoms with Crippen LogP contribution in [-0.2, 0) is 14.8 Å². The number of ether oxygens (including phenoxy) is 3. The highest BCUT2D eigenvalue weighted by Gasteiger charge is 2.27. The van der Waals surface area contributed by atoms with Crippen molar-refractivity contribution < 1.29 is 27.4 Å². The zero-order valence-electron chi connectivity index (χ0n) is 21.0. The Morgan fingerprint density at radius 1 is 1.08 bits per heavy atom. The summed E-state index contributed by atoms with van der Waals surface area (Å²) in [6.45, 7) is 2.20. The number of benzene rings is 2. The lowest BCUT2D eigenvalue weighted by atomic mass is 10.2. The monoisotopic (exact) mass is 546 g/mol. The number of carbonyl (C=O) groups is 1. The molecule has 12 heteroatoms. The SMILES string of the molecule is CN(C)CCN(C(=O)c1ccc(S(=O)(=O)N(C)C[C@H]2CCCO2)cc1)c1nc2cc3c(cc2s1)OCO3. The largest absolute Gasteiger partial charge is 0.454 e. The van der Waals surface area contributed by atoms with Crippen LogP contribution in [0.4, 0.5) is 5.13 Å². The van der Waals surface area contributed by atoms with Crippen molar-refractivity contribution in [1.82, 2.24) is 14.2 Å². The van der Waals surface area contributed by atoms with Gasteiger partial charge in [0, 0.05) is 51.0 Å². The van der Waals surface area contributed by atoms with Crippen LogP contribution in [0.2, 0.25) is 0 Å². The Labute approximate surface area is 220 Å². The molecule has 2 aliphatic rings. The summed E-state index contributed by atoms with van der Waals surface area (Å²) in [6, 6.07) is 9.77. The number of thiazole rings is 1. The van der Waals surface area contributed by atoms with Crippen LogP contribution in [0.5, 0.6) is 11.5 Å². The van der Waals surface area contributed by atoms with Crippen LogP contribution in [0.1, 0.15) is 23.2 Å². The van der Waals surface area contributed by atoms with Gasteiger partial charge in [-0.15, -0.1) is 0 Å². The topological polar surface area (TPSA) is 102 Å². The van der Waals surface area contributed by atoms with Gasteiger partial charge in [-0.25, -0.2) is 13.4 Å². The summed E-state index contributed by atoms with van der Waals surface area (Å²) in [6.07, 6.45) is 1.71. The van der Waals surface area contributed by atoms with Gasteiger partial charge in [-0.1, -0.05) is 11.3 Å². The number of anilines is 1. The molecular formula is C25H30N4O6S2. The van der Waals surface area contributed by atoms with E-state index in [9.17, 15) is 13.2 Å². The average molecular weight is 547 g/mol. The van der Waals surface area contributed by atoms with Crippen molar-refractivity contribution in [2.45, 2.75) is 23.8 Å². The molecule has 1 fully saturated rings. The van der Waals surface area contributed by atoms with Crippen molar-refractivity contribution in [3.05, 3.63) is 42.0 Å². The lowest BCUT2D eigenvalue weighted by Gasteiger charge is -2.22. The molecule has 1 amide bonds. The van der Waals surface area contributed by atoms with Crippen molar-refractivity contribution in [1.29, 1.82) is 0 Å². The molecule has 198 valence electrons. The molecule has 3 aromatic rings. The summed E-state index contributed by atoms with van der Waals surface area (Å²) in [5.74, 6) is 1.05. The molecule has 2 aromatic carbocycles. The molecule has 2 aliphatic heterocycles. The van der Waals surface area contributed by atoms with Crippen LogP contribution in [0.15, 0.2) is 41.3 Å². The Hall–Kier alpha value is -2.77. The van der Waals surface area contributed by atoms with Crippen LogP contribution in [0.3, 0.4) is 0 Å². The van der Waals surface area contributed by atoms with Crippen LogP contribution >= 0.6 is 11.3 Å². The first-order valence-electron chi connectivity index (χ1n) is 12.1. The van der Waals surface area contributed by atoms with Gasteiger partial charge in [-0.2, -0.15) is 4.31 Å². The maximum Gasteiger partial charge on any atom is 0.260 e. The van der Waals surface area contributed by atoms with Crippen LogP contribution in [0.25, 0.3) is 10.2 Å². The smallest absolute Gasteiger partial charge is 0.260 e. The van der Waals surface area contributed by atoms with E-state index in [2.05, 4.69) is 0 Å². The van der Waals surface area contributed by atoms with Crippen molar-refractivity contribution >= 4 is 42.6 Å². The second kappa shape index (κ2) is 10.5. The molecule has 0 unspecified atom stereocenters. The zero-order valence-corrected chi connectivity index (χ0v) is 22.7. The lowest BCUT2D eigenvalue weighted by Crippen LogP contribution is -2.37. The van der Waals surface area contributed by atoms with Gasteiger partial charge in [0.15, 0.2) is 16.6 Å². The van der Waals surface area contributed by atoms with E-state index in [0.29, 0.717) is 48.4 Å². The van der Waals surface area contributed by atoms with Crippen LogP contribution in [-0.4, -0.2) is 88.8 Å². The lowest BCUT2D eigenvalue weighted by molar-refractivity contribution is 0.0978. The highest BCUT2D eigenvalue weighted by atomic mass is 32.2. The highest BCUT2D eigenvalue weighted by molar-refractivity contribution is 7.89. The molecule has 0 spiro atoms. The Morgan fingerprint density at radius 2 is 1.81 bits per heavy atom. The Bertz CT molecular complexity index is 1340. The molecule has 0 aliphatic carbocycles. The van der Waals surface area contributed by atoms with Gasteiger partial charge in [0.1, 0.15) is 0 Å². The summed E-state index contributed by atoms with van der Waals surface area (Å²) in [7, 11) is 1.73. The molecule has 0 saturated carbocycles. The fourth-order valence-corrected chi connectivity index (χ4v) is 6.49. The number of rotatable bonds is 9. The number of sulfonamides is 1. The maximum atomic E-state index is 13.6. The minimum absolute atomic E-state index is 0.0843. The number of nitrogens with zero attached hydrogens (tertiary/aromatic N) is 4. The van der Waals surface area contributed by atoms with Gasteiger partial charge in [-0.3, -0.25) is 9.69 Å². The fourth-order valence-electron chi connectivity index (χ4n) is 4.28. The minimum Gasteiger partial charge on any atom is -0.454 e. The number of fused-ring (bicyclic) bond motifs is 2. The zero-order chi connectivity index (χ0) is 26.2. The number of aromatic nitrogens is 1. The van der Waals surface area contributed by atoms with E-state index in [1.54, 1.807) is 24.1 Å².